The number of halogens is 2. The minimum atomic E-state index is -0.806. The fraction of sp³-hybridized carbons (Fsp3) is 0.286. The average Bonchev–Trinajstić information content (AvgIpc) is 3.19. The van der Waals surface area contributed by atoms with Gasteiger partial charge in [0.2, 0.25) is 0 Å². The monoisotopic (exact) mass is 405 g/mol. The molecule has 0 aliphatic heterocycles. The van der Waals surface area contributed by atoms with Gasteiger partial charge in [0.15, 0.2) is 17.7 Å². The molecule has 1 aromatic heterocycles. The molecule has 3 aromatic rings. The van der Waals surface area contributed by atoms with E-state index in [0.29, 0.717) is 5.01 Å². The number of aromatic nitrogens is 1. The molecule has 1 heterocycles. The highest BCUT2D eigenvalue weighted by atomic mass is 32.1. The molecule has 0 saturated carbocycles. The number of benzene rings is 2. The van der Waals surface area contributed by atoms with Crippen molar-refractivity contribution in [3.05, 3.63) is 75.2 Å². The van der Waals surface area contributed by atoms with Crippen molar-refractivity contribution in [2.75, 3.05) is 13.7 Å². The van der Waals surface area contributed by atoms with Gasteiger partial charge in [-0.15, -0.1) is 11.3 Å². The Morgan fingerprint density at radius 1 is 1.11 bits per heavy atom. The number of hydrogen-bond acceptors (Lipinski definition) is 5. The fourth-order valence-electron chi connectivity index (χ4n) is 2.70. The van der Waals surface area contributed by atoms with Gasteiger partial charge in [-0.3, -0.25) is 0 Å². The predicted octanol–water partition coefficient (Wildman–Crippen LogP) is 4.64. The number of ether oxygens (including phenoxy) is 2. The molecule has 0 bridgehead atoms. The summed E-state index contributed by atoms with van der Waals surface area (Å²) >= 11 is 1.34. The summed E-state index contributed by atoms with van der Waals surface area (Å²) in [5.41, 5.74) is 1.91. The third kappa shape index (κ3) is 4.66. The first kappa shape index (κ1) is 20.2. The van der Waals surface area contributed by atoms with Crippen LogP contribution in [-0.4, -0.2) is 23.8 Å². The van der Waals surface area contributed by atoms with E-state index in [9.17, 15) is 13.9 Å². The lowest BCUT2D eigenvalue weighted by molar-refractivity contribution is 0.111. The molecule has 0 spiro atoms. The molecule has 0 radical (unpaired) electrons. The number of thiazole rings is 1. The van der Waals surface area contributed by atoms with Crippen LogP contribution in [0.25, 0.3) is 0 Å². The lowest BCUT2D eigenvalue weighted by Gasteiger charge is -2.16. The van der Waals surface area contributed by atoms with Crippen LogP contribution in [0.5, 0.6) is 11.5 Å². The lowest BCUT2D eigenvalue weighted by atomic mass is 10.1. The second-order valence-corrected chi connectivity index (χ2v) is 7.19. The van der Waals surface area contributed by atoms with Crippen molar-refractivity contribution in [2.24, 2.45) is 0 Å². The number of rotatable bonds is 8. The summed E-state index contributed by atoms with van der Waals surface area (Å²) in [7, 11) is 1.63. The summed E-state index contributed by atoms with van der Waals surface area (Å²) in [6, 6.07) is 10.2. The summed E-state index contributed by atoms with van der Waals surface area (Å²) < 4.78 is 38.3. The molecule has 0 fully saturated rings. The molecule has 1 N–H and O–H groups in total. The maximum Gasteiger partial charge on any atom is 0.173 e. The third-order valence-corrected chi connectivity index (χ3v) is 5.38. The van der Waals surface area contributed by atoms with Crippen LogP contribution in [0.4, 0.5) is 8.78 Å². The van der Waals surface area contributed by atoms with Crippen molar-refractivity contribution in [3.8, 4) is 11.5 Å². The van der Waals surface area contributed by atoms with E-state index >= 15 is 0 Å². The molecule has 0 aliphatic rings. The van der Waals surface area contributed by atoms with E-state index in [4.69, 9.17) is 9.47 Å². The molecule has 1 unspecified atom stereocenters. The molecule has 1 atom stereocenters. The van der Waals surface area contributed by atoms with Crippen molar-refractivity contribution >= 4 is 11.3 Å². The summed E-state index contributed by atoms with van der Waals surface area (Å²) in [5.74, 6) is -0.700. The van der Waals surface area contributed by atoms with E-state index in [0.717, 1.165) is 35.9 Å². The van der Waals surface area contributed by atoms with Crippen molar-refractivity contribution in [1.29, 1.82) is 0 Å². The van der Waals surface area contributed by atoms with E-state index in [-0.39, 0.29) is 17.9 Å². The Morgan fingerprint density at radius 2 is 1.86 bits per heavy atom. The Kier molecular flexibility index (Phi) is 6.59. The predicted molar refractivity (Wildman–Crippen MR) is 104 cm³/mol. The first-order valence-corrected chi connectivity index (χ1v) is 9.69. The van der Waals surface area contributed by atoms with Crippen LogP contribution in [0.3, 0.4) is 0 Å². The smallest absolute Gasteiger partial charge is 0.173 e. The fourth-order valence-corrected chi connectivity index (χ4v) is 3.57. The van der Waals surface area contributed by atoms with Crippen molar-refractivity contribution < 1.29 is 23.4 Å². The van der Waals surface area contributed by atoms with Gasteiger partial charge in [-0.25, -0.2) is 13.8 Å². The van der Waals surface area contributed by atoms with Gasteiger partial charge >= 0.3 is 0 Å². The van der Waals surface area contributed by atoms with E-state index < -0.39 is 17.7 Å². The average molecular weight is 405 g/mol. The molecule has 28 heavy (non-hydrogen) atoms. The standard InChI is InChI=1S/C21H21F2NO3S/c1-13-17(22)9-10-18(20(13)23)27-19(11-25)21-24-15(12-28-21)6-3-14-4-7-16(26-2)8-5-14/h4-5,7-10,12,19,25H,3,6,11H2,1-2H3. The van der Waals surface area contributed by atoms with Crippen molar-refractivity contribution in [2.45, 2.75) is 25.9 Å². The van der Waals surface area contributed by atoms with Gasteiger partial charge in [-0.1, -0.05) is 12.1 Å². The molecule has 0 amide bonds. The summed E-state index contributed by atoms with van der Waals surface area (Å²) in [6.45, 7) is 0.980. The molecule has 0 saturated heterocycles. The summed E-state index contributed by atoms with van der Waals surface area (Å²) in [5, 5.41) is 12.1. The Bertz CT molecular complexity index is 928. The number of aryl methyl sites for hydroxylation is 2. The highest BCUT2D eigenvalue weighted by Crippen LogP contribution is 2.29. The van der Waals surface area contributed by atoms with E-state index in [2.05, 4.69) is 4.98 Å². The molecule has 148 valence electrons. The molecule has 0 aliphatic carbocycles. The Labute approximate surface area is 166 Å². The van der Waals surface area contributed by atoms with Gasteiger partial charge < -0.3 is 14.6 Å². The molecule has 4 nitrogen and oxygen atoms in total. The quantitative estimate of drug-likeness (QED) is 0.593. The SMILES string of the molecule is COc1ccc(CCc2csc(C(CO)Oc3ccc(F)c(C)c3F)n2)cc1. The Hall–Kier alpha value is -2.51. The van der Waals surface area contributed by atoms with Gasteiger partial charge in [0.05, 0.1) is 19.4 Å². The highest BCUT2D eigenvalue weighted by molar-refractivity contribution is 7.09. The third-order valence-electron chi connectivity index (χ3n) is 4.39. The van der Waals surface area contributed by atoms with Crippen LogP contribution in [0.2, 0.25) is 0 Å². The number of aliphatic hydroxyl groups excluding tert-OH is 1. The number of methoxy groups -OCH3 is 1. The molecular formula is C21H21F2NO3S. The Balaban J connectivity index is 1.66. The lowest BCUT2D eigenvalue weighted by Crippen LogP contribution is -2.13. The number of aliphatic hydroxyl groups is 1. The van der Waals surface area contributed by atoms with E-state index in [1.807, 2.05) is 29.6 Å². The molecule has 3 rings (SSSR count). The minimum Gasteiger partial charge on any atom is -0.497 e. The summed E-state index contributed by atoms with van der Waals surface area (Å²) in [6.07, 6.45) is 0.730. The number of hydrogen-bond donors (Lipinski definition) is 1. The first-order valence-electron chi connectivity index (χ1n) is 8.81. The normalized spacial score (nSPS) is 12.0. The second kappa shape index (κ2) is 9.12. The second-order valence-electron chi connectivity index (χ2n) is 6.30. The zero-order valence-corrected chi connectivity index (χ0v) is 16.4. The molecule has 2 aromatic carbocycles. The maximum absolute atomic E-state index is 14.2. The molecule has 7 heteroatoms. The van der Waals surface area contributed by atoms with Crippen LogP contribution in [0.15, 0.2) is 41.8 Å². The zero-order chi connectivity index (χ0) is 20.1. The van der Waals surface area contributed by atoms with Crippen LogP contribution in [0.1, 0.15) is 27.9 Å². The van der Waals surface area contributed by atoms with Gasteiger partial charge in [-0.05, 0) is 49.6 Å². The van der Waals surface area contributed by atoms with E-state index in [1.165, 1.54) is 24.3 Å². The zero-order valence-electron chi connectivity index (χ0n) is 15.6. The van der Waals surface area contributed by atoms with Crippen molar-refractivity contribution in [3.63, 3.8) is 0 Å². The maximum atomic E-state index is 14.2. The number of nitrogens with zero attached hydrogens (tertiary/aromatic N) is 1. The summed E-state index contributed by atoms with van der Waals surface area (Å²) in [4.78, 5) is 4.51. The topological polar surface area (TPSA) is 51.6 Å². The van der Waals surface area contributed by atoms with Crippen LogP contribution in [0, 0.1) is 18.6 Å². The van der Waals surface area contributed by atoms with Crippen LogP contribution < -0.4 is 9.47 Å². The Morgan fingerprint density at radius 3 is 2.54 bits per heavy atom. The van der Waals surface area contributed by atoms with E-state index in [1.54, 1.807) is 7.11 Å². The van der Waals surface area contributed by atoms with Crippen LogP contribution >= 0.6 is 11.3 Å². The minimum absolute atomic E-state index is 0.104. The van der Waals surface area contributed by atoms with Gasteiger partial charge in [0, 0.05) is 10.9 Å². The van der Waals surface area contributed by atoms with Gasteiger partial charge in [0.25, 0.3) is 0 Å². The van der Waals surface area contributed by atoms with Crippen LogP contribution in [-0.2, 0) is 12.8 Å². The van der Waals surface area contributed by atoms with Gasteiger partial charge in [0.1, 0.15) is 16.6 Å². The molecular weight excluding hydrogens is 384 g/mol. The van der Waals surface area contributed by atoms with Gasteiger partial charge in [-0.2, -0.15) is 0 Å². The van der Waals surface area contributed by atoms with Crippen molar-refractivity contribution in [1.82, 2.24) is 4.98 Å². The highest BCUT2D eigenvalue weighted by Gasteiger charge is 2.20. The largest absolute Gasteiger partial charge is 0.497 e. The first-order chi connectivity index (χ1) is 13.5.